The summed E-state index contributed by atoms with van der Waals surface area (Å²) in [6.07, 6.45) is 0. The van der Waals surface area contributed by atoms with Gasteiger partial charge in [0.2, 0.25) is 0 Å². The van der Waals surface area contributed by atoms with E-state index in [4.69, 9.17) is 13.9 Å². The summed E-state index contributed by atoms with van der Waals surface area (Å²) in [5.74, 6) is 2.94. The SMILES string of the molecule is Cc1ccc(CN(CCN(C)C)C(=O)Nc2ccc3c(c2)OCCO3)o1. The summed E-state index contributed by atoms with van der Waals surface area (Å²) < 4.78 is 16.7. The van der Waals surface area contributed by atoms with Crippen molar-refractivity contribution >= 4 is 11.7 Å². The molecule has 0 fully saturated rings. The highest BCUT2D eigenvalue weighted by Gasteiger charge is 2.18. The Labute approximate surface area is 153 Å². The number of nitrogens with one attached hydrogen (secondary N) is 1. The second kappa shape index (κ2) is 8.14. The first-order valence-corrected chi connectivity index (χ1v) is 8.67. The number of rotatable bonds is 6. The lowest BCUT2D eigenvalue weighted by Gasteiger charge is -2.24. The lowest BCUT2D eigenvalue weighted by atomic mass is 10.2. The van der Waals surface area contributed by atoms with E-state index in [2.05, 4.69) is 5.32 Å². The summed E-state index contributed by atoms with van der Waals surface area (Å²) >= 11 is 0. The second-order valence-electron chi connectivity index (χ2n) is 6.53. The third-order valence-corrected chi connectivity index (χ3v) is 4.04. The summed E-state index contributed by atoms with van der Waals surface area (Å²) in [5, 5.41) is 2.93. The predicted molar refractivity (Wildman–Crippen MR) is 98.9 cm³/mol. The number of benzene rings is 1. The minimum Gasteiger partial charge on any atom is -0.486 e. The molecule has 26 heavy (non-hydrogen) atoms. The molecule has 1 aliphatic heterocycles. The Balaban J connectivity index is 1.69. The number of hydrogen-bond donors (Lipinski definition) is 1. The smallest absolute Gasteiger partial charge is 0.322 e. The topological polar surface area (TPSA) is 67.2 Å². The molecule has 140 valence electrons. The van der Waals surface area contributed by atoms with Gasteiger partial charge in [-0.25, -0.2) is 4.79 Å². The zero-order valence-electron chi connectivity index (χ0n) is 15.4. The van der Waals surface area contributed by atoms with E-state index in [0.717, 1.165) is 18.1 Å². The molecule has 0 spiro atoms. The van der Waals surface area contributed by atoms with Crippen LogP contribution in [0.4, 0.5) is 10.5 Å². The zero-order chi connectivity index (χ0) is 18.5. The van der Waals surface area contributed by atoms with Gasteiger partial charge >= 0.3 is 6.03 Å². The van der Waals surface area contributed by atoms with Crippen LogP contribution in [-0.4, -0.2) is 56.2 Å². The molecule has 7 heteroatoms. The summed E-state index contributed by atoms with van der Waals surface area (Å²) in [6, 6.07) is 9.02. The largest absolute Gasteiger partial charge is 0.486 e. The monoisotopic (exact) mass is 359 g/mol. The first-order chi connectivity index (χ1) is 12.5. The number of aryl methyl sites for hydroxylation is 1. The number of carbonyl (C=O) groups excluding carboxylic acids is 1. The number of carbonyl (C=O) groups is 1. The molecule has 2 amide bonds. The van der Waals surface area contributed by atoms with Crippen molar-refractivity contribution in [2.45, 2.75) is 13.5 Å². The fourth-order valence-electron chi connectivity index (χ4n) is 2.65. The maximum Gasteiger partial charge on any atom is 0.322 e. The Bertz CT molecular complexity index is 757. The molecule has 2 aromatic rings. The number of urea groups is 1. The van der Waals surface area contributed by atoms with Gasteiger partial charge in [0.25, 0.3) is 0 Å². The van der Waals surface area contributed by atoms with Gasteiger partial charge in [-0.2, -0.15) is 0 Å². The van der Waals surface area contributed by atoms with Crippen molar-refractivity contribution in [3.8, 4) is 11.5 Å². The van der Waals surface area contributed by atoms with E-state index in [1.54, 1.807) is 11.0 Å². The lowest BCUT2D eigenvalue weighted by Crippen LogP contribution is -2.38. The lowest BCUT2D eigenvalue weighted by molar-refractivity contribution is 0.171. The minimum absolute atomic E-state index is 0.183. The van der Waals surface area contributed by atoms with E-state index >= 15 is 0 Å². The molecule has 2 heterocycles. The highest BCUT2D eigenvalue weighted by Crippen LogP contribution is 2.32. The molecular formula is C19H25N3O4. The third kappa shape index (κ3) is 4.70. The van der Waals surface area contributed by atoms with Crippen LogP contribution < -0.4 is 14.8 Å². The van der Waals surface area contributed by atoms with Gasteiger partial charge in [0.05, 0.1) is 6.54 Å². The molecule has 0 atom stereocenters. The van der Waals surface area contributed by atoms with Crippen LogP contribution in [0.2, 0.25) is 0 Å². The van der Waals surface area contributed by atoms with Crippen molar-refractivity contribution in [1.82, 2.24) is 9.80 Å². The fraction of sp³-hybridized carbons (Fsp3) is 0.421. The average Bonchev–Trinajstić information content (AvgIpc) is 3.03. The van der Waals surface area contributed by atoms with Gasteiger partial charge in [-0.3, -0.25) is 0 Å². The molecule has 1 aliphatic rings. The quantitative estimate of drug-likeness (QED) is 0.859. The van der Waals surface area contributed by atoms with E-state index in [1.165, 1.54) is 0 Å². The minimum atomic E-state index is -0.183. The number of nitrogens with zero attached hydrogens (tertiary/aromatic N) is 2. The van der Waals surface area contributed by atoms with Crippen LogP contribution in [0, 0.1) is 6.92 Å². The number of furan rings is 1. The average molecular weight is 359 g/mol. The van der Waals surface area contributed by atoms with Crippen molar-refractivity contribution in [2.75, 3.05) is 45.7 Å². The highest BCUT2D eigenvalue weighted by molar-refractivity contribution is 5.89. The molecule has 0 saturated carbocycles. The molecule has 7 nitrogen and oxygen atoms in total. The van der Waals surface area contributed by atoms with E-state index in [0.29, 0.717) is 43.5 Å². The fourth-order valence-corrected chi connectivity index (χ4v) is 2.65. The van der Waals surface area contributed by atoms with Crippen LogP contribution in [0.5, 0.6) is 11.5 Å². The third-order valence-electron chi connectivity index (χ3n) is 4.04. The molecule has 3 rings (SSSR count). The van der Waals surface area contributed by atoms with Crippen LogP contribution in [0.3, 0.4) is 0 Å². The number of ether oxygens (including phenoxy) is 2. The van der Waals surface area contributed by atoms with Gasteiger partial charge in [-0.05, 0) is 45.3 Å². The van der Waals surface area contributed by atoms with Crippen molar-refractivity contribution in [2.24, 2.45) is 0 Å². The maximum absolute atomic E-state index is 12.8. The predicted octanol–water partition coefficient (Wildman–Crippen LogP) is 2.95. The van der Waals surface area contributed by atoms with E-state index < -0.39 is 0 Å². The molecule has 0 radical (unpaired) electrons. The summed E-state index contributed by atoms with van der Waals surface area (Å²) in [7, 11) is 3.96. The Hall–Kier alpha value is -2.67. The molecule has 1 aromatic carbocycles. The molecule has 1 aromatic heterocycles. The highest BCUT2D eigenvalue weighted by atomic mass is 16.6. The molecular weight excluding hydrogens is 334 g/mol. The number of hydrogen-bond acceptors (Lipinski definition) is 5. The van der Waals surface area contributed by atoms with Gasteiger partial charge in [-0.1, -0.05) is 0 Å². The van der Waals surface area contributed by atoms with E-state index in [-0.39, 0.29) is 6.03 Å². The van der Waals surface area contributed by atoms with Gasteiger partial charge in [0, 0.05) is 24.8 Å². The van der Waals surface area contributed by atoms with Crippen LogP contribution >= 0.6 is 0 Å². The Morgan fingerprint density at radius 1 is 1.08 bits per heavy atom. The van der Waals surface area contributed by atoms with Gasteiger partial charge in [0.1, 0.15) is 24.7 Å². The van der Waals surface area contributed by atoms with Crippen molar-refractivity contribution < 1.29 is 18.7 Å². The summed E-state index contributed by atoms with van der Waals surface area (Å²) in [4.78, 5) is 16.6. The molecule has 1 N–H and O–H groups in total. The summed E-state index contributed by atoms with van der Waals surface area (Å²) in [6.45, 7) is 4.70. The van der Waals surface area contributed by atoms with Crippen LogP contribution in [0.25, 0.3) is 0 Å². The van der Waals surface area contributed by atoms with Crippen molar-refractivity contribution in [3.63, 3.8) is 0 Å². The molecule has 0 saturated heterocycles. The summed E-state index contributed by atoms with van der Waals surface area (Å²) in [5.41, 5.74) is 0.671. The number of anilines is 1. The van der Waals surface area contributed by atoms with E-state index in [9.17, 15) is 4.79 Å². The second-order valence-corrected chi connectivity index (χ2v) is 6.53. The van der Waals surface area contributed by atoms with Crippen LogP contribution in [-0.2, 0) is 6.54 Å². The number of fused-ring (bicyclic) bond motifs is 1. The normalized spacial score (nSPS) is 12.9. The van der Waals surface area contributed by atoms with Crippen molar-refractivity contribution in [3.05, 3.63) is 41.9 Å². The first kappa shape index (κ1) is 18.1. The van der Waals surface area contributed by atoms with Crippen LogP contribution in [0.1, 0.15) is 11.5 Å². The van der Waals surface area contributed by atoms with Gasteiger partial charge in [-0.15, -0.1) is 0 Å². The van der Waals surface area contributed by atoms with Gasteiger partial charge < -0.3 is 29.0 Å². The number of likely N-dealkylation sites (N-methyl/N-ethyl adjacent to an activating group) is 1. The van der Waals surface area contributed by atoms with Crippen molar-refractivity contribution in [1.29, 1.82) is 0 Å². The Morgan fingerprint density at radius 2 is 1.85 bits per heavy atom. The molecule has 0 aliphatic carbocycles. The standard InChI is InChI=1S/C19H25N3O4/c1-14-4-6-16(26-14)13-22(9-8-21(2)3)19(23)20-15-5-7-17-18(12-15)25-11-10-24-17/h4-7,12H,8-11,13H2,1-3H3,(H,20,23). The Morgan fingerprint density at radius 3 is 2.54 bits per heavy atom. The maximum atomic E-state index is 12.8. The zero-order valence-corrected chi connectivity index (χ0v) is 15.4. The number of amides is 2. The molecule has 0 unspecified atom stereocenters. The first-order valence-electron chi connectivity index (χ1n) is 8.67. The molecule has 0 bridgehead atoms. The van der Waals surface area contributed by atoms with Gasteiger partial charge in [0.15, 0.2) is 11.5 Å². The van der Waals surface area contributed by atoms with E-state index in [1.807, 2.05) is 50.2 Å². The van der Waals surface area contributed by atoms with Crippen LogP contribution in [0.15, 0.2) is 34.7 Å². The Kier molecular flexibility index (Phi) is 5.68.